The lowest BCUT2D eigenvalue weighted by molar-refractivity contribution is -0.137. The van der Waals surface area contributed by atoms with Crippen molar-refractivity contribution >= 4 is 15.9 Å². The Hall–Kier alpha value is -0.520. The summed E-state index contributed by atoms with van der Waals surface area (Å²) < 4.78 is 37.7. The summed E-state index contributed by atoms with van der Waals surface area (Å²) in [5, 5.41) is 4.50. The molecule has 0 aliphatic carbocycles. The molecule has 1 rings (SSSR count). The van der Waals surface area contributed by atoms with Gasteiger partial charge in [-0.25, -0.2) is 0 Å². The van der Waals surface area contributed by atoms with Crippen LogP contribution in [0, 0.1) is 0 Å². The van der Waals surface area contributed by atoms with Crippen LogP contribution < -0.4 is 0 Å². The highest BCUT2D eigenvalue weighted by Crippen LogP contribution is 2.28. The number of rotatable bonds is 4. The van der Waals surface area contributed by atoms with Crippen LogP contribution in [0.25, 0.3) is 0 Å². The molecule has 0 aromatic carbocycles. The van der Waals surface area contributed by atoms with Crippen molar-refractivity contribution < 1.29 is 13.2 Å². The Morgan fingerprint density at radius 1 is 1.36 bits per heavy atom. The maximum Gasteiger partial charge on any atom is 0.419 e. The van der Waals surface area contributed by atoms with Gasteiger partial charge in [-0.1, -0.05) is 15.9 Å². The molecule has 80 valence electrons. The third kappa shape index (κ3) is 3.32. The molecule has 0 saturated carbocycles. The number of aryl methyl sites for hydroxylation is 1. The molecule has 0 fully saturated rings. The normalized spacial score (nSPS) is 12.0. The van der Waals surface area contributed by atoms with Crippen LogP contribution in [0.3, 0.4) is 0 Å². The predicted molar refractivity (Wildman–Crippen MR) is 50.3 cm³/mol. The number of halogens is 4. The number of alkyl halides is 4. The Morgan fingerprint density at radius 3 is 2.57 bits per heavy atom. The molecule has 1 aromatic heterocycles. The summed E-state index contributed by atoms with van der Waals surface area (Å²) in [5.41, 5.74) is -0.684. The highest BCUT2D eigenvalue weighted by Gasteiger charge is 2.31. The summed E-state index contributed by atoms with van der Waals surface area (Å²) in [6, 6.07) is 0. The third-order valence-electron chi connectivity index (χ3n) is 1.73. The van der Waals surface area contributed by atoms with Gasteiger partial charge < -0.3 is 0 Å². The third-order valence-corrected chi connectivity index (χ3v) is 2.29. The molecule has 0 radical (unpaired) electrons. The molecule has 0 bridgehead atoms. The van der Waals surface area contributed by atoms with Crippen molar-refractivity contribution in [3.8, 4) is 0 Å². The van der Waals surface area contributed by atoms with E-state index < -0.39 is 11.7 Å². The van der Waals surface area contributed by atoms with Crippen molar-refractivity contribution in [2.24, 2.45) is 0 Å². The van der Waals surface area contributed by atoms with E-state index in [-0.39, 0.29) is 0 Å². The SMILES string of the molecule is FC(F)(F)c1cnn(CCCCBr)c1. The first-order valence-corrected chi connectivity index (χ1v) is 5.32. The van der Waals surface area contributed by atoms with Crippen LogP contribution in [-0.2, 0) is 12.7 Å². The fourth-order valence-corrected chi connectivity index (χ4v) is 1.40. The lowest BCUT2D eigenvalue weighted by Crippen LogP contribution is -2.03. The fraction of sp³-hybridized carbons (Fsp3) is 0.625. The minimum Gasteiger partial charge on any atom is -0.272 e. The summed E-state index contributed by atoms with van der Waals surface area (Å²) in [6.07, 6.45) is -0.637. The number of aromatic nitrogens is 2. The predicted octanol–water partition coefficient (Wildman–Crippen LogP) is 3.08. The van der Waals surface area contributed by atoms with Gasteiger partial charge in [-0.3, -0.25) is 4.68 Å². The zero-order valence-electron chi connectivity index (χ0n) is 7.39. The van der Waals surface area contributed by atoms with Crippen LogP contribution in [0.15, 0.2) is 12.4 Å². The van der Waals surface area contributed by atoms with E-state index in [2.05, 4.69) is 21.0 Å². The lowest BCUT2D eigenvalue weighted by atomic mass is 10.3. The summed E-state index contributed by atoms with van der Waals surface area (Å²) in [4.78, 5) is 0. The second kappa shape index (κ2) is 4.82. The van der Waals surface area contributed by atoms with E-state index in [4.69, 9.17) is 0 Å². The van der Waals surface area contributed by atoms with Crippen molar-refractivity contribution in [1.82, 2.24) is 9.78 Å². The van der Waals surface area contributed by atoms with Crippen molar-refractivity contribution in [3.05, 3.63) is 18.0 Å². The van der Waals surface area contributed by atoms with Crippen molar-refractivity contribution in [2.75, 3.05) is 5.33 Å². The van der Waals surface area contributed by atoms with Gasteiger partial charge in [-0.15, -0.1) is 0 Å². The topological polar surface area (TPSA) is 17.8 Å². The smallest absolute Gasteiger partial charge is 0.272 e. The zero-order chi connectivity index (χ0) is 10.6. The molecule has 0 aliphatic heterocycles. The second-order valence-electron chi connectivity index (χ2n) is 2.89. The Bertz CT molecular complexity index is 282. The summed E-state index contributed by atoms with van der Waals surface area (Å²) in [7, 11) is 0. The molecular formula is C8H10BrF3N2. The van der Waals surface area contributed by atoms with Gasteiger partial charge in [0.2, 0.25) is 0 Å². The zero-order valence-corrected chi connectivity index (χ0v) is 8.98. The maximum atomic E-state index is 12.1. The van der Waals surface area contributed by atoms with Gasteiger partial charge in [0.25, 0.3) is 0 Å². The second-order valence-corrected chi connectivity index (χ2v) is 3.68. The number of hydrogen-bond acceptors (Lipinski definition) is 1. The molecule has 1 aromatic rings. The van der Waals surface area contributed by atoms with Gasteiger partial charge in [0.1, 0.15) is 0 Å². The van der Waals surface area contributed by atoms with E-state index in [1.54, 1.807) is 0 Å². The van der Waals surface area contributed by atoms with Gasteiger partial charge in [0.05, 0.1) is 11.8 Å². The van der Waals surface area contributed by atoms with Gasteiger partial charge in [-0.2, -0.15) is 18.3 Å². The molecule has 6 heteroatoms. The van der Waals surface area contributed by atoms with Crippen LogP contribution >= 0.6 is 15.9 Å². The summed E-state index contributed by atoms with van der Waals surface area (Å²) in [5.74, 6) is 0. The van der Waals surface area contributed by atoms with Crippen LogP contribution in [0.2, 0.25) is 0 Å². The molecule has 0 saturated heterocycles. The largest absolute Gasteiger partial charge is 0.419 e. The van der Waals surface area contributed by atoms with E-state index in [1.165, 1.54) is 4.68 Å². The van der Waals surface area contributed by atoms with Gasteiger partial charge in [-0.05, 0) is 12.8 Å². The quantitative estimate of drug-likeness (QED) is 0.607. The van der Waals surface area contributed by atoms with Gasteiger partial charge >= 0.3 is 6.18 Å². The molecule has 14 heavy (non-hydrogen) atoms. The van der Waals surface area contributed by atoms with Crippen molar-refractivity contribution in [1.29, 1.82) is 0 Å². The molecule has 0 unspecified atom stereocenters. The molecular weight excluding hydrogens is 261 g/mol. The lowest BCUT2D eigenvalue weighted by Gasteiger charge is -2.01. The van der Waals surface area contributed by atoms with E-state index >= 15 is 0 Å². The number of unbranched alkanes of at least 4 members (excludes halogenated alkanes) is 1. The van der Waals surface area contributed by atoms with Crippen LogP contribution in [0.5, 0.6) is 0 Å². The molecule has 0 atom stereocenters. The molecule has 0 aliphatic rings. The van der Waals surface area contributed by atoms with Crippen LogP contribution in [-0.4, -0.2) is 15.1 Å². The first-order valence-electron chi connectivity index (χ1n) is 4.19. The Labute approximate surface area is 88.2 Å². The summed E-state index contributed by atoms with van der Waals surface area (Å²) >= 11 is 3.25. The average molecular weight is 271 g/mol. The van der Waals surface area contributed by atoms with Crippen LogP contribution in [0.4, 0.5) is 13.2 Å². The minimum absolute atomic E-state index is 0.529. The number of nitrogens with zero attached hydrogens (tertiary/aromatic N) is 2. The number of hydrogen-bond donors (Lipinski definition) is 0. The highest BCUT2D eigenvalue weighted by molar-refractivity contribution is 9.09. The highest BCUT2D eigenvalue weighted by atomic mass is 79.9. The van der Waals surface area contributed by atoms with E-state index in [1.807, 2.05) is 0 Å². The molecule has 1 heterocycles. The van der Waals surface area contributed by atoms with Crippen LogP contribution in [0.1, 0.15) is 18.4 Å². The standard InChI is InChI=1S/C8H10BrF3N2/c9-3-1-2-4-14-6-7(5-13-14)8(10,11)12/h5-6H,1-4H2. The van der Waals surface area contributed by atoms with Gasteiger partial charge in [0, 0.05) is 18.1 Å². The molecule has 0 amide bonds. The van der Waals surface area contributed by atoms with Crippen molar-refractivity contribution in [2.45, 2.75) is 25.6 Å². The Kier molecular flexibility index (Phi) is 3.97. The van der Waals surface area contributed by atoms with Crippen molar-refractivity contribution in [3.63, 3.8) is 0 Å². The Balaban J connectivity index is 2.51. The van der Waals surface area contributed by atoms with E-state index in [0.717, 1.165) is 30.6 Å². The first-order chi connectivity index (χ1) is 6.54. The minimum atomic E-state index is -4.28. The molecule has 2 nitrogen and oxygen atoms in total. The van der Waals surface area contributed by atoms with Gasteiger partial charge in [0.15, 0.2) is 0 Å². The van der Waals surface area contributed by atoms with E-state index in [0.29, 0.717) is 6.54 Å². The average Bonchev–Trinajstić information content (AvgIpc) is 2.52. The Morgan fingerprint density at radius 2 is 2.07 bits per heavy atom. The summed E-state index contributed by atoms with van der Waals surface area (Å²) in [6.45, 7) is 0.529. The monoisotopic (exact) mass is 270 g/mol. The molecule has 0 N–H and O–H groups in total. The first kappa shape index (κ1) is 11.6. The maximum absolute atomic E-state index is 12.1. The van der Waals surface area contributed by atoms with E-state index in [9.17, 15) is 13.2 Å². The molecule has 0 spiro atoms. The fourth-order valence-electron chi connectivity index (χ4n) is 1.00.